The van der Waals surface area contributed by atoms with Gasteiger partial charge in [-0.1, -0.05) is 32.0 Å². The van der Waals surface area contributed by atoms with Crippen LogP contribution < -0.4 is 5.32 Å². The summed E-state index contributed by atoms with van der Waals surface area (Å²) in [4.78, 5) is 11.9. The minimum absolute atomic E-state index is 0.0810. The van der Waals surface area contributed by atoms with Crippen LogP contribution >= 0.6 is 12.0 Å². The van der Waals surface area contributed by atoms with Crippen molar-refractivity contribution in [2.24, 2.45) is 11.8 Å². The van der Waals surface area contributed by atoms with Gasteiger partial charge in [-0.15, -0.1) is 0 Å². The third-order valence-electron chi connectivity index (χ3n) is 3.68. The highest BCUT2D eigenvalue weighted by molar-refractivity contribution is 8.02. The number of rotatable bonds is 10. The molecule has 130 valence electrons. The first-order chi connectivity index (χ1) is 10.8. The van der Waals surface area contributed by atoms with Crippen LogP contribution in [-0.2, 0) is 14.0 Å². The van der Waals surface area contributed by atoms with Gasteiger partial charge in [0.05, 0.1) is 0 Å². The van der Waals surface area contributed by atoms with Crippen LogP contribution in [0.15, 0.2) is 30.3 Å². The second-order valence-electron chi connectivity index (χ2n) is 5.47. The molecule has 1 aromatic carbocycles. The van der Waals surface area contributed by atoms with E-state index in [2.05, 4.69) is 22.8 Å². The number of benzene rings is 1. The molecule has 0 aliphatic carbocycles. The molecule has 0 radical (unpaired) electrons. The molecule has 0 heterocycles. The molecule has 0 bridgehead atoms. The third-order valence-corrected chi connectivity index (χ3v) is 5.16. The molecule has 0 fully saturated rings. The summed E-state index contributed by atoms with van der Waals surface area (Å²) < 4.78 is 33.5. The highest BCUT2D eigenvalue weighted by Gasteiger charge is 2.14. The van der Waals surface area contributed by atoms with Gasteiger partial charge in [-0.3, -0.25) is 9.35 Å². The molecule has 0 aromatic heterocycles. The maximum atomic E-state index is 11.9. The fraction of sp³-hybridized carbons (Fsp3) is 0.533. The lowest BCUT2D eigenvalue weighted by Crippen LogP contribution is -2.26. The van der Waals surface area contributed by atoms with E-state index in [4.69, 9.17) is 4.55 Å². The normalized spacial score (nSPS) is 14.2. The number of hydrogen-bond donors (Lipinski definition) is 2. The molecular weight excluding hydrogens is 338 g/mol. The van der Waals surface area contributed by atoms with Gasteiger partial charge in [-0.05, 0) is 36.8 Å². The summed E-state index contributed by atoms with van der Waals surface area (Å²) in [5.41, 5.74) is 0.645. The number of carbonyl (C=O) groups excluding carboxylic acids is 1. The summed E-state index contributed by atoms with van der Waals surface area (Å²) in [6.07, 6.45) is 1.59. The van der Waals surface area contributed by atoms with Gasteiger partial charge in [-0.25, -0.2) is 0 Å². The van der Waals surface area contributed by atoms with Crippen molar-refractivity contribution in [3.05, 3.63) is 35.9 Å². The summed E-state index contributed by atoms with van der Waals surface area (Å²) in [6.45, 7) is 4.75. The van der Waals surface area contributed by atoms with Gasteiger partial charge in [0.2, 0.25) is 0 Å². The van der Waals surface area contributed by atoms with Gasteiger partial charge in [0.15, 0.2) is 0 Å². The zero-order valence-electron chi connectivity index (χ0n) is 13.3. The van der Waals surface area contributed by atoms with E-state index in [0.29, 0.717) is 29.7 Å². The van der Waals surface area contributed by atoms with E-state index in [9.17, 15) is 13.2 Å². The zero-order chi connectivity index (χ0) is 17.3. The van der Waals surface area contributed by atoms with E-state index in [1.807, 2.05) is 18.2 Å². The predicted molar refractivity (Wildman–Crippen MR) is 91.4 cm³/mol. The van der Waals surface area contributed by atoms with Gasteiger partial charge >= 0.3 is 10.4 Å². The highest BCUT2D eigenvalue weighted by Crippen LogP contribution is 2.21. The first-order valence-electron chi connectivity index (χ1n) is 7.41. The summed E-state index contributed by atoms with van der Waals surface area (Å²) >= 11 is 0.724. The second-order valence-corrected chi connectivity index (χ2v) is 7.52. The number of hydrogen-bond acceptors (Lipinski definition) is 5. The topological polar surface area (TPSA) is 92.7 Å². The Hall–Kier alpha value is -1.09. The molecule has 0 saturated carbocycles. The van der Waals surface area contributed by atoms with Gasteiger partial charge in [0.25, 0.3) is 5.91 Å². The lowest BCUT2D eigenvalue weighted by atomic mass is 9.91. The van der Waals surface area contributed by atoms with E-state index in [0.717, 1.165) is 24.9 Å². The maximum absolute atomic E-state index is 11.9. The Morgan fingerprint density at radius 3 is 2.43 bits per heavy atom. The number of carbonyl (C=O) groups is 1. The zero-order valence-corrected chi connectivity index (χ0v) is 14.9. The van der Waals surface area contributed by atoms with Gasteiger partial charge in [-0.2, -0.15) is 12.0 Å². The van der Waals surface area contributed by atoms with Crippen LogP contribution in [0.5, 0.6) is 0 Å². The molecule has 0 saturated heterocycles. The second kappa shape index (κ2) is 9.92. The van der Waals surface area contributed by atoms with Gasteiger partial charge < -0.3 is 5.32 Å². The number of amides is 1. The quantitative estimate of drug-likeness (QED) is 0.378. The molecule has 2 atom stereocenters. The van der Waals surface area contributed by atoms with Crippen LogP contribution in [0.3, 0.4) is 0 Å². The lowest BCUT2D eigenvalue weighted by Gasteiger charge is -2.19. The molecule has 8 heteroatoms. The monoisotopic (exact) mass is 361 g/mol. The molecule has 2 unspecified atom stereocenters. The predicted octanol–water partition coefficient (Wildman–Crippen LogP) is 2.94. The molecule has 2 N–H and O–H groups in total. The average molecular weight is 361 g/mol. The average Bonchev–Trinajstić information content (AvgIpc) is 2.51. The van der Waals surface area contributed by atoms with E-state index < -0.39 is 10.4 Å². The molecule has 1 amide bonds. The molecule has 23 heavy (non-hydrogen) atoms. The Morgan fingerprint density at radius 1 is 1.22 bits per heavy atom. The van der Waals surface area contributed by atoms with Crippen molar-refractivity contribution in [3.63, 3.8) is 0 Å². The van der Waals surface area contributed by atoms with Crippen molar-refractivity contribution in [1.82, 2.24) is 5.32 Å². The van der Waals surface area contributed by atoms with Gasteiger partial charge in [0.1, 0.15) is 0 Å². The Balaban J connectivity index is 2.20. The molecule has 1 aromatic rings. The van der Waals surface area contributed by atoms with Crippen LogP contribution in [0.1, 0.15) is 37.0 Å². The minimum atomic E-state index is -4.38. The van der Waals surface area contributed by atoms with E-state index in [1.165, 1.54) is 0 Å². The van der Waals surface area contributed by atoms with Crippen LogP contribution in [0.2, 0.25) is 0 Å². The van der Waals surface area contributed by atoms with Crippen molar-refractivity contribution >= 4 is 28.3 Å². The molecule has 6 nitrogen and oxygen atoms in total. The SMILES string of the molecule is CC(CCNC(=O)c1ccccc1)C(C)CCSOS(=O)(=O)O. The van der Waals surface area contributed by atoms with Gasteiger partial charge in [0, 0.05) is 29.9 Å². The van der Waals surface area contributed by atoms with Crippen LogP contribution in [0.4, 0.5) is 0 Å². The Labute approximate surface area is 142 Å². The van der Waals surface area contributed by atoms with Crippen LogP contribution in [0, 0.1) is 11.8 Å². The van der Waals surface area contributed by atoms with Crippen molar-refractivity contribution < 1.29 is 21.4 Å². The fourth-order valence-electron chi connectivity index (χ4n) is 2.00. The Morgan fingerprint density at radius 2 is 1.83 bits per heavy atom. The fourth-order valence-corrected chi connectivity index (χ4v) is 3.23. The summed E-state index contributed by atoms with van der Waals surface area (Å²) in [6, 6.07) is 9.06. The van der Waals surface area contributed by atoms with Crippen LogP contribution in [0.25, 0.3) is 0 Å². The maximum Gasteiger partial charge on any atom is 0.408 e. The van der Waals surface area contributed by atoms with Crippen LogP contribution in [-0.4, -0.2) is 31.2 Å². The summed E-state index contributed by atoms with van der Waals surface area (Å²) in [5.74, 6) is 1.11. The third kappa shape index (κ3) is 8.95. The van der Waals surface area contributed by atoms with Crippen molar-refractivity contribution in [1.29, 1.82) is 0 Å². The number of nitrogens with one attached hydrogen (secondary N) is 1. The smallest absolute Gasteiger partial charge is 0.352 e. The largest absolute Gasteiger partial charge is 0.408 e. The summed E-state index contributed by atoms with van der Waals surface area (Å²) in [7, 11) is -4.38. The standard InChI is InChI=1S/C15H23NO5S2/c1-12(13(2)9-11-22-21-23(18,19)20)8-10-16-15(17)14-6-4-3-5-7-14/h3-7,12-13H,8-11H2,1-2H3,(H,16,17)(H,18,19,20). The minimum Gasteiger partial charge on any atom is -0.352 e. The van der Waals surface area contributed by atoms with Crippen molar-refractivity contribution in [2.75, 3.05) is 12.3 Å². The molecular formula is C15H23NO5S2. The molecule has 0 spiro atoms. The van der Waals surface area contributed by atoms with Crippen molar-refractivity contribution in [3.8, 4) is 0 Å². The summed E-state index contributed by atoms with van der Waals surface area (Å²) in [5, 5.41) is 2.89. The van der Waals surface area contributed by atoms with E-state index >= 15 is 0 Å². The Kier molecular flexibility index (Phi) is 8.60. The molecule has 1 rings (SSSR count). The molecule has 0 aliphatic rings. The lowest BCUT2D eigenvalue weighted by molar-refractivity contribution is 0.0950. The van der Waals surface area contributed by atoms with E-state index in [1.54, 1.807) is 12.1 Å². The first kappa shape index (κ1) is 20.0. The highest BCUT2D eigenvalue weighted by atomic mass is 32.3. The Bertz CT molecular complexity index is 577. The van der Waals surface area contributed by atoms with Crippen molar-refractivity contribution in [2.45, 2.75) is 26.7 Å². The first-order valence-corrected chi connectivity index (χ1v) is 9.69. The van der Waals surface area contributed by atoms with E-state index in [-0.39, 0.29) is 5.91 Å². The molecule has 0 aliphatic heterocycles.